The fraction of sp³-hybridized carbons (Fsp3) is 0.312. The van der Waals surface area contributed by atoms with Crippen LogP contribution >= 0.6 is 11.3 Å². The van der Waals surface area contributed by atoms with E-state index < -0.39 is 0 Å². The highest BCUT2D eigenvalue weighted by Crippen LogP contribution is 2.51. The summed E-state index contributed by atoms with van der Waals surface area (Å²) in [6, 6.07) is 12.3. The number of ketones is 1. The zero-order chi connectivity index (χ0) is 12.8. The summed E-state index contributed by atoms with van der Waals surface area (Å²) in [5, 5.41) is 0. The molecule has 1 fully saturated rings. The summed E-state index contributed by atoms with van der Waals surface area (Å²) in [5.74, 6) is 0.323. The Labute approximate surface area is 111 Å². The van der Waals surface area contributed by atoms with Gasteiger partial charge in [-0.3, -0.25) is 4.79 Å². The van der Waals surface area contributed by atoms with Crippen LogP contribution in [-0.4, -0.2) is 5.78 Å². The van der Waals surface area contributed by atoms with E-state index in [-0.39, 0.29) is 5.41 Å². The number of hydrogen-bond acceptors (Lipinski definition) is 2. The third-order valence-corrected chi connectivity index (χ3v) is 4.91. The normalized spacial score (nSPS) is 16.6. The fourth-order valence-corrected chi connectivity index (χ4v) is 3.68. The number of thiophene rings is 1. The Morgan fingerprint density at radius 2 is 1.83 bits per heavy atom. The molecule has 1 nitrogen and oxygen atoms in total. The van der Waals surface area contributed by atoms with E-state index in [2.05, 4.69) is 25.1 Å². The van der Waals surface area contributed by atoms with Crippen molar-refractivity contribution in [3.8, 4) is 0 Å². The summed E-state index contributed by atoms with van der Waals surface area (Å²) in [4.78, 5) is 14.9. The number of benzene rings is 1. The Balaban J connectivity index is 2.01. The highest BCUT2D eigenvalue weighted by molar-refractivity contribution is 7.14. The van der Waals surface area contributed by atoms with Gasteiger partial charge in [0.1, 0.15) is 0 Å². The van der Waals surface area contributed by atoms with Crippen LogP contribution in [0.1, 0.15) is 38.5 Å². The minimum atomic E-state index is -0.219. The van der Waals surface area contributed by atoms with Gasteiger partial charge in [0.25, 0.3) is 0 Å². The fourth-order valence-electron chi connectivity index (χ4n) is 2.61. The maximum Gasteiger partial charge on any atom is 0.183 e. The summed E-state index contributed by atoms with van der Waals surface area (Å²) in [5.41, 5.74) is 2.09. The van der Waals surface area contributed by atoms with Gasteiger partial charge < -0.3 is 0 Å². The topological polar surface area (TPSA) is 17.1 Å². The Hall–Kier alpha value is -1.41. The molecular formula is C16H16OS. The van der Waals surface area contributed by atoms with Crippen molar-refractivity contribution in [1.82, 2.24) is 0 Å². The van der Waals surface area contributed by atoms with Crippen molar-refractivity contribution in [2.45, 2.75) is 32.1 Å². The van der Waals surface area contributed by atoms with Crippen molar-refractivity contribution in [3.05, 3.63) is 57.3 Å². The lowest BCUT2D eigenvalue weighted by Gasteiger charge is -2.13. The van der Waals surface area contributed by atoms with Crippen LogP contribution in [0.25, 0.3) is 0 Å². The molecule has 0 spiro atoms. The molecule has 1 aliphatic rings. The van der Waals surface area contributed by atoms with Crippen molar-refractivity contribution in [3.63, 3.8) is 0 Å². The Kier molecular flexibility index (Phi) is 2.63. The first-order valence-electron chi connectivity index (χ1n) is 6.31. The standard InChI is InChI=1S/C16H16OS/c1-11-10-12(2)18-14(11)15(17)16(8-9-16)13-6-4-3-5-7-13/h3-7,10H,8-9H2,1-2H3. The molecule has 2 heteroatoms. The van der Waals surface area contributed by atoms with Crippen LogP contribution in [0.3, 0.4) is 0 Å². The van der Waals surface area contributed by atoms with Gasteiger partial charge in [0, 0.05) is 4.88 Å². The van der Waals surface area contributed by atoms with Gasteiger partial charge in [0.05, 0.1) is 10.3 Å². The van der Waals surface area contributed by atoms with Gasteiger partial charge in [-0.15, -0.1) is 11.3 Å². The van der Waals surface area contributed by atoms with E-state index in [0.717, 1.165) is 23.3 Å². The van der Waals surface area contributed by atoms with Gasteiger partial charge >= 0.3 is 0 Å². The molecule has 2 aromatic rings. The average molecular weight is 256 g/mol. The smallest absolute Gasteiger partial charge is 0.183 e. The summed E-state index contributed by atoms with van der Waals surface area (Å²) in [6.07, 6.45) is 1.98. The van der Waals surface area contributed by atoms with Crippen LogP contribution < -0.4 is 0 Å². The van der Waals surface area contributed by atoms with Gasteiger partial charge in [-0.25, -0.2) is 0 Å². The predicted molar refractivity (Wildman–Crippen MR) is 75.5 cm³/mol. The largest absolute Gasteiger partial charge is 0.292 e. The summed E-state index contributed by atoms with van der Waals surface area (Å²) >= 11 is 1.63. The van der Waals surface area contributed by atoms with Crippen molar-refractivity contribution >= 4 is 17.1 Å². The van der Waals surface area contributed by atoms with E-state index in [1.807, 2.05) is 25.1 Å². The predicted octanol–water partition coefficient (Wildman–Crippen LogP) is 4.28. The van der Waals surface area contributed by atoms with Gasteiger partial charge in [-0.1, -0.05) is 30.3 Å². The molecule has 1 aliphatic carbocycles. The second kappa shape index (κ2) is 4.06. The number of carbonyl (C=O) groups excluding carboxylic acids is 1. The van der Waals surface area contributed by atoms with Crippen molar-refractivity contribution < 1.29 is 4.79 Å². The Morgan fingerprint density at radius 3 is 2.33 bits per heavy atom. The lowest BCUT2D eigenvalue weighted by molar-refractivity contribution is 0.0949. The summed E-state index contributed by atoms with van der Waals surface area (Å²) in [6.45, 7) is 4.11. The second-order valence-electron chi connectivity index (χ2n) is 5.15. The van der Waals surface area contributed by atoms with Crippen LogP contribution in [0.4, 0.5) is 0 Å². The molecule has 0 radical (unpaired) electrons. The third kappa shape index (κ3) is 1.72. The van der Waals surface area contributed by atoms with E-state index in [0.29, 0.717) is 5.78 Å². The van der Waals surface area contributed by atoms with Gasteiger partial charge in [-0.05, 0) is 43.9 Å². The van der Waals surface area contributed by atoms with E-state index in [1.165, 1.54) is 10.4 Å². The van der Waals surface area contributed by atoms with Crippen LogP contribution in [0.15, 0.2) is 36.4 Å². The SMILES string of the molecule is Cc1cc(C)c(C(=O)C2(c3ccccc3)CC2)s1. The average Bonchev–Trinajstić information content (AvgIpc) is 3.11. The molecular weight excluding hydrogens is 240 g/mol. The third-order valence-electron chi connectivity index (χ3n) is 3.76. The maximum atomic E-state index is 12.8. The van der Waals surface area contributed by atoms with Crippen molar-refractivity contribution in [2.75, 3.05) is 0 Å². The van der Waals surface area contributed by atoms with Crippen LogP contribution in [0.5, 0.6) is 0 Å². The van der Waals surface area contributed by atoms with E-state index >= 15 is 0 Å². The van der Waals surface area contributed by atoms with Crippen LogP contribution in [-0.2, 0) is 5.41 Å². The number of Topliss-reactive ketones (excluding diaryl/α,β-unsaturated/α-hetero) is 1. The summed E-state index contributed by atoms with van der Waals surface area (Å²) < 4.78 is 0. The minimum Gasteiger partial charge on any atom is -0.292 e. The molecule has 18 heavy (non-hydrogen) atoms. The Morgan fingerprint density at radius 1 is 1.17 bits per heavy atom. The maximum absolute atomic E-state index is 12.8. The minimum absolute atomic E-state index is 0.219. The molecule has 1 aromatic heterocycles. The zero-order valence-electron chi connectivity index (χ0n) is 10.7. The molecule has 0 saturated heterocycles. The monoisotopic (exact) mass is 256 g/mol. The molecule has 0 aliphatic heterocycles. The quantitative estimate of drug-likeness (QED) is 0.749. The number of rotatable bonds is 3. The number of aryl methyl sites for hydroxylation is 2. The first-order chi connectivity index (χ1) is 8.63. The number of carbonyl (C=O) groups is 1. The van der Waals surface area contributed by atoms with Crippen molar-refractivity contribution in [1.29, 1.82) is 0 Å². The van der Waals surface area contributed by atoms with Crippen LogP contribution in [0, 0.1) is 13.8 Å². The molecule has 0 atom stereocenters. The zero-order valence-corrected chi connectivity index (χ0v) is 11.5. The highest BCUT2D eigenvalue weighted by atomic mass is 32.1. The molecule has 1 saturated carbocycles. The lowest BCUT2D eigenvalue weighted by Crippen LogP contribution is -2.20. The lowest BCUT2D eigenvalue weighted by atomic mass is 9.90. The molecule has 0 bridgehead atoms. The van der Waals surface area contributed by atoms with Gasteiger partial charge in [-0.2, -0.15) is 0 Å². The summed E-state index contributed by atoms with van der Waals surface area (Å²) in [7, 11) is 0. The van der Waals surface area contributed by atoms with E-state index in [4.69, 9.17) is 0 Å². The van der Waals surface area contributed by atoms with Crippen LogP contribution in [0.2, 0.25) is 0 Å². The molecule has 0 N–H and O–H groups in total. The van der Waals surface area contributed by atoms with E-state index in [1.54, 1.807) is 11.3 Å². The highest BCUT2D eigenvalue weighted by Gasteiger charge is 2.51. The number of hydrogen-bond donors (Lipinski definition) is 0. The molecule has 92 valence electrons. The molecule has 0 unspecified atom stereocenters. The molecule has 0 amide bonds. The first kappa shape index (κ1) is 11.7. The first-order valence-corrected chi connectivity index (χ1v) is 7.12. The molecule has 3 rings (SSSR count). The van der Waals surface area contributed by atoms with Gasteiger partial charge in [0.2, 0.25) is 0 Å². The van der Waals surface area contributed by atoms with E-state index in [9.17, 15) is 4.79 Å². The Bertz CT molecular complexity index is 591. The second-order valence-corrected chi connectivity index (χ2v) is 6.40. The molecule has 1 aromatic carbocycles. The van der Waals surface area contributed by atoms with Gasteiger partial charge in [0.15, 0.2) is 5.78 Å². The van der Waals surface area contributed by atoms with Crippen molar-refractivity contribution in [2.24, 2.45) is 0 Å². The molecule has 1 heterocycles.